The number of rotatable bonds is 7. The van der Waals surface area contributed by atoms with E-state index >= 15 is 0 Å². The lowest BCUT2D eigenvalue weighted by molar-refractivity contribution is 0.0215. The van der Waals surface area contributed by atoms with Crippen molar-refractivity contribution in [3.63, 3.8) is 0 Å². The van der Waals surface area contributed by atoms with Crippen molar-refractivity contribution in [3.8, 4) is 0 Å². The molecule has 0 bridgehead atoms. The highest BCUT2D eigenvalue weighted by Crippen LogP contribution is 2.15. The molecule has 0 fully saturated rings. The molecule has 0 aliphatic rings. The second-order valence-corrected chi connectivity index (χ2v) is 4.05. The average molecular weight is 275 g/mol. The van der Waals surface area contributed by atoms with E-state index in [9.17, 15) is 8.78 Å². The van der Waals surface area contributed by atoms with Crippen LogP contribution in [0.1, 0.15) is 11.1 Å². The number of thiocarbonyl (C=S) groups is 1. The van der Waals surface area contributed by atoms with E-state index in [1.807, 2.05) is 6.92 Å². The number of nitrogens with zero attached hydrogens (tertiary/aromatic N) is 1. The van der Waals surface area contributed by atoms with Gasteiger partial charge >= 0.3 is 0 Å². The van der Waals surface area contributed by atoms with E-state index in [1.165, 1.54) is 0 Å². The van der Waals surface area contributed by atoms with Crippen molar-refractivity contribution in [2.24, 2.45) is 5.73 Å². The van der Waals surface area contributed by atoms with Gasteiger partial charge in [0.15, 0.2) is 0 Å². The molecule has 1 aromatic heterocycles. The summed E-state index contributed by atoms with van der Waals surface area (Å²) in [7, 11) is 0. The van der Waals surface area contributed by atoms with Gasteiger partial charge in [-0.2, -0.15) is 0 Å². The minimum Gasteiger partial charge on any atom is -0.389 e. The van der Waals surface area contributed by atoms with E-state index in [1.54, 1.807) is 12.3 Å². The first-order valence-electron chi connectivity index (χ1n) is 5.37. The SMILES string of the molecule is Cc1ccnc(NCCOCC(F)F)c1C(N)=S. The second-order valence-electron chi connectivity index (χ2n) is 3.61. The predicted octanol–water partition coefficient (Wildman–Crippen LogP) is 1.72. The lowest BCUT2D eigenvalue weighted by Crippen LogP contribution is -2.19. The first kappa shape index (κ1) is 14.7. The fraction of sp³-hybridized carbons (Fsp3) is 0.455. The zero-order valence-electron chi connectivity index (χ0n) is 9.95. The van der Waals surface area contributed by atoms with Crippen molar-refractivity contribution in [1.29, 1.82) is 0 Å². The number of pyridine rings is 1. The number of anilines is 1. The van der Waals surface area contributed by atoms with Crippen LogP contribution in [-0.4, -0.2) is 36.2 Å². The van der Waals surface area contributed by atoms with Gasteiger partial charge in [-0.05, 0) is 18.6 Å². The molecule has 3 N–H and O–H groups in total. The van der Waals surface area contributed by atoms with Crippen LogP contribution in [-0.2, 0) is 4.74 Å². The van der Waals surface area contributed by atoms with Crippen LogP contribution in [0, 0.1) is 6.92 Å². The molecule has 1 rings (SSSR count). The molecule has 0 amide bonds. The van der Waals surface area contributed by atoms with Crippen LogP contribution in [0.15, 0.2) is 12.3 Å². The van der Waals surface area contributed by atoms with Crippen LogP contribution in [0.5, 0.6) is 0 Å². The lowest BCUT2D eigenvalue weighted by atomic mass is 10.1. The molecule has 0 aliphatic heterocycles. The second kappa shape index (κ2) is 7.17. The van der Waals surface area contributed by atoms with Crippen LogP contribution < -0.4 is 11.1 Å². The van der Waals surface area contributed by atoms with Crippen molar-refractivity contribution >= 4 is 23.0 Å². The Bertz CT molecular complexity index is 415. The number of halogens is 2. The summed E-state index contributed by atoms with van der Waals surface area (Å²) in [6.45, 7) is 1.83. The maximum absolute atomic E-state index is 11.8. The number of nitrogens with two attached hydrogens (primary N) is 1. The first-order chi connectivity index (χ1) is 8.52. The molecule has 4 nitrogen and oxygen atoms in total. The van der Waals surface area contributed by atoms with Gasteiger partial charge in [-0.25, -0.2) is 13.8 Å². The lowest BCUT2D eigenvalue weighted by Gasteiger charge is -2.12. The van der Waals surface area contributed by atoms with Crippen LogP contribution in [0.4, 0.5) is 14.6 Å². The van der Waals surface area contributed by atoms with Crippen LogP contribution in [0.25, 0.3) is 0 Å². The van der Waals surface area contributed by atoms with Crippen molar-refractivity contribution in [2.45, 2.75) is 13.3 Å². The Morgan fingerprint density at radius 1 is 1.61 bits per heavy atom. The van der Waals surface area contributed by atoms with Crippen LogP contribution >= 0.6 is 12.2 Å². The molecule has 0 aromatic carbocycles. The molecule has 7 heteroatoms. The maximum Gasteiger partial charge on any atom is 0.261 e. The van der Waals surface area contributed by atoms with E-state index in [2.05, 4.69) is 10.3 Å². The molecule has 0 radical (unpaired) electrons. The minimum atomic E-state index is -2.45. The Balaban J connectivity index is 2.52. The Hall–Kier alpha value is -1.34. The predicted molar refractivity (Wildman–Crippen MR) is 70.2 cm³/mol. The maximum atomic E-state index is 11.8. The normalized spacial score (nSPS) is 10.7. The standard InChI is InChI=1S/C11H15F2N3OS/c1-7-2-3-15-11(9(7)10(14)18)16-4-5-17-6-8(12)13/h2-3,8H,4-6H2,1H3,(H2,14,18)(H,15,16). The number of nitrogens with one attached hydrogen (secondary N) is 1. The molecule has 0 atom stereocenters. The molecule has 18 heavy (non-hydrogen) atoms. The summed E-state index contributed by atoms with van der Waals surface area (Å²) in [5, 5.41) is 2.96. The van der Waals surface area contributed by atoms with Crippen LogP contribution in [0.2, 0.25) is 0 Å². The average Bonchev–Trinajstić information content (AvgIpc) is 2.27. The third kappa shape index (κ3) is 4.50. The fourth-order valence-electron chi connectivity index (χ4n) is 1.42. The summed E-state index contributed by atoms with van der Waals surface area (Å²) >= 11 is 4.94. The zero-order valence-corrected chi connectivity index (χ0v) is 10.8. The first-order valence-corrected chi connectivity index (χ1v) is 5.78. The largest absolute Gasteiger partial charge is 0.389 e. The quantitative estimate of drug-likeness (QED) is 0.586. The third-order valence-electron chi connectivity index (χ3n) is 2.19. The smallest absolute Gasteiger partial charge is 0.261 e. The van der Waals surface area contributed by atoms with Gasteiger partial charge in [0.1, 0.15) is 17.4 Å². The van der Waals surface area contributed by atoms with E-state index in [-0.39, 0.29) is 11.6 Å². The summed E-state index contributed by atoms with van der Waals surface area (Å²) < 4.78 is 28.4. The van der Waals surface area contributed by atoms with Crippen molar-refractivity contribution in [3.05, 3.63) is 23.4 Å². The van der Waals surface area contributed by atoms with E-state index in [0.717, 1.165) is 5.56 Å². The highest BCUT2D eigenvalue weighted by Gasteiger charge is 2.09. The molecule has 0 saturated heterocycles. The Labute approximate surface area is 110 Å². The zero-order chi connectivity index (χ0) is 13.5. The Morgan fingerprint density at radius 3 is 2.94 bits per heavy atom. The summed E-state index contributed by atoms with van der Waals surface area (Å²) in [6, 6.07) is 1.80. The number of aryl methyl sites for hydroxylation is 1. The molecule has 1 aromatic rings. The topological polar surface area (TPSA) is 60.2 Å². The summed E-state index contributed by atoms with van der Waals surface area (Å²) in [4.78, 5) is 4.36. The summed E-state index contributed by atoms with van der Waals surface area (Å²) in [5.74, 6) is 0.545. The van der Waals surface area contributed by atoms with Crippen molar-refractivity contribution in [2.75, 3.05) is 25.1 Å². The fourth-order valence-corrected chi connectivity index (χ4v) is 1.67. The summed E-state index contributed by atoms with van der Waals surface area (Å²) in [6.07, 6.45) is -0.825. The van der Waals surface area contributed by atoms with Crippen molar-refractivity contribution < 1.29 is 13.5 Å². The van der Waals surface area contributed by atoms with E-state index < -0.39 is 13.0 Å². The minimum absolute atomic E-state index is 0.163. The van der Waals surface area contributed by atoms with Gasteiger partial charge in [0.25, 0.3) is 6.43 Å². The molecule has 0 saturated carbocycles. The molecule has 0 unspecified atom stereocenters. The van der Waals surface area contributed by atoms with E-state index in [0.29, 0.717) is 17.9 Å². The van der Waals surface area contributed by atoms with Gasteiger partial charge in [0.05, 0.1) is 12.2 Å². The van der Waals surface area contributed by atoms with E-state index in [4.69, 9.17) is 22.7 Å². The molecule has 0 spiro atoms. The number of alkyl halides is 2. The van der Waals surface area contributed by atoms with Gasteiger partial charge in [-0.1, -0.05) is 12.2 Å². The number of hydrogen-bond donors (Lipinski definition) is 2. The Kier molecular flexibility index (Phi) is 5.87. The van der Waals surface area contributed by atoms with Gasteiger partial charge in [-0.3, -0.25) is 0 Å². The van der Waals surface area contributed by atoms with Gasteiger partial charge in [0.2, 0.25) is 0 Å². The molecular weight excluding hydrogens is 260 g/mol. The molecule has 100 valence electrons. The van der Waals surface area contributed by atoms with Gasteiger partial charge < -0.3 is 15.8 Å². The molecule has 1 heterocycles. The van der Waals surface area contributed by atoms with Gasteiger partial charge in [-0.15, -0.1) is 0 Å². The van der Waals surface area contributed by atoms with Crippen molar-refractivity contribution in [1.82, 2.24) is 4.98 Å². The molecule has 0 aliphatic carbocycles. The number of aromatic nitrogens is 1. The van der Waals surface area contributed by atoms with Crippen LogP contribution in [0.3, 0.4) is 0 Å². The number of hydrogen-bond acceptors (Lipinski definition) is 4. The highest BCUT2D eigenvalue weighted by atomic mass is 32.1. The monoisotopic (exact) mass is 275 g/mol. The summed E-state index contributed by atoms with van der Waals surface area (Å²) in [5.41, 5.74) is 7.19. The Morgan fingerprint density at radius 2 is 2.33 bits per heavy atom. The third-order valence-corrected chi connectivity index (χ3v) is 2.39. The number of ether oxygens (including phenoxy) is 1. The van der Waals surface area contributed by atoms with Gasteiger partial charge in [0, 0.05) is 12.7 Å². The highest BCUT2D eigenvalue weighted by molar-refractivity contribution is 7.80. The molecular formula is C11H15F2N3OS.